The highest BCUT2D eigenvalue weighted by molar-refractivity contribution is 6.35. The zero-order valence-corrected chi connectivity index (χ0v) is 11.3. The van der Waals surface area contributed by atoms with Gasteiger partial charge in [0.25, 0.3) is 0 Å². The molecule has 0 radical (unpaired) electrons. The van der Waals surface area contributed by atoms with Gasteiger partial charge in [0, 0.05) is 6.54 Å². The molecule has 2 rings (SSSR count). The molecular formula is C11H14ClN3O4. The van der Waals surface area contributed by atoms with Crippen molar-refractivity contribution in [3.8, 4) is 0 Å². The third-order valence-electron chi connectivity index (χ3n) is 2.56. The summed E-state index contributed by atoms with van der Waals surface area (Å²) >= 11 is 5.90. The fourth-order valence-electron chi connectivity index (χ4n) is 1.72. The first-order valence-corrected chi connectivity index (χ1v) is 6.06. The van der Waals surface area contributed by atoms with E-state index in [1.165, 1.54) is 0 Å². The van der Waals surface area contributed by atoms with E-state index in [4.69, 9.17) is 26.2 Å². The van der Waals surface area contributed by atoms with Gasteiger partial charge < -0.3 is 19.9 Å². The molecule has 0 aromatic carbocycles. The van der Waals surface area contributed by atoms with Crippen LogP contribution in [0.2, 0.25) is 5.02 Å². The molecule has 1 aliphatic rings. The van der Waals surface area contributed by atoms with Crippen LogP contribution in [-0.4, -0.2) is 46.1 Å². The van der Waals surface area contributed by atoms with Gasteiger partial charge in [-0.2, -0.15) is 0 Å². The molecular weight excluding hydrogens is 274 g/mol. The normalized spacial score (nSPS) is 21.3. The molecule has 0 saturated carbocycles. The number of carboxylic acid groups (broad SMARTS) is 1. The van der Waals surface area contributed by atoms with Crippen molar-refractivity contribution in [3.05, 3.63) is 17.0 Å². The summed E-state index contributed by atoms with van der Waals surface area (Å²) in [6, 6.07) is 0. The van der Waals surface area contributed by atoms with Gasteiger partial charge in [0.15, 0.2) is 11.5 Å². The van der Waals surface area contributed by atoms with Gasteiger partial charge in [0.05, 0.1) is 6.61 Å². The number of rotatable bonds is 4. The van der Waals surface area contributed by atoms with Gasteiger partial charge in [-0.05, 0) is 13.8 Å². The summed E-state index contributed by atoms with van der Waals surface area (Å²) in [6.07, 6.45) is 1.00. The van der Waals surface area contributed by atoms with Crippen molar-refractivity contribution in [2.75, 3.05) is 18.5 Å². The fourth-order valence-corrected chi connectivity index (χ4v) is 1.96. The minimum atomic E-state index is -1.20. The minimum Gasteiger partial charge on any atom is -0.476 e. The Labute approximate surface area is 114 Å². The summed E-state index contributed by atoms with van der Waals surface area (Å²) < 4.78 is 11.0. The molecule has 0 unspecified atom stereocenters. The summed E-state index contributed by atoms with van der Waals surface area (Å²) in [4.78, 5) is 18.4. The van der Waals surface area contributed by atoms with Crippen LogP contribution in [0.1, 0.15) is 24.3 Å². The summed E-state index contributed by atoms with van der Waals surface area (Å²) in [7, 11) is 0. The molecule has 19 heavy (non-hydrogen) atoms. The van der Waals surface area contributed by atoms with Crippen LogP contribution in [-0.2, 0) is 9.47 Å². The SMILES string of the molecule is CC1(C)OC[C@H](CNc2ncnc(C(=O)O)c2Cl)O1. The highest BCUT2D eigenvalue weighted by atomic mass is 35.5. The molecule has 104 valence electrons. The predicted molar refractivity (Wildman–Crippen MR) is 67.4 cm³/mol. The summed E-state index contributed by atoms with van der Waals surface area (Å²) in [5.41, 5.74) is -0.233. The first-order chi connectivity index (χ1) is 8.89. The Hall–Kier alpha value is -1.44. The molecule has 2 heterocycles. The number of hydrogen-bond donors (Lipinski definition) is 2. The molecule has 1 fully saturated rings. The third-order valence-corrected chi connectivity index (χ3v) is 2.91. The van der Waals surface area contributed by atoms with Crippen LogP contribution in [0.4, 0.5) is 5.82 Å². The van der Waals surface area contributed by atoms with Crippen LogP contribution >= 0.6 is 11.6 Å². The van der Waals surface area contributed by atoms with Gasteiger partial charge in [-0.25, -0.2) is 14.8 Å². The van der Waals surface area contributed by atoms with E-state index >= 15 is 0 Å². The number of aromatic carboxylic acids is 1. The van der Waals surface area contributed by atoms with Crippen LogP contribution in [0.5, 0.6) is 0 Å². The molecule has 0 aliphatic carbocycles. The van der Waals surface area contributed by atoms with E-state index < -0.39 is 11.8 Å². The van der Waals surface area contributed by atoms with Gasteiger partial charge in [-0.1, -0.05) is 11.6 Å². The van der Waals surface area contributed by atoms with Gasteiger partial charge in [-0.15, -0.1) is 0 Å². The highest BCUT2D eigenvalue weighted by Crippen LogP contribution is 2.24. The minimum absolute atomic E-state index is 0.0202. The van der Waals surface area contributed by atoms with Crippen LogP contribution < -0.4 is 5.32 Å². The zero-order valence-electron chi connectivity index (χ0n) is 10.5. The predicted octanol–water partition coefficient (Wildman–Crippen LogP) is 1.39. The van der Waals surface area contributed by atoms with E-state index in [-0.39, 0.29) is 22.6 Å². The number of ether oxygens (including phenoxy) is 2. The van der Waals surface area contributed by atoms with Gasteiger partial charge in [0.1, 0.15) is 23.3 Å². The molecule has 1 aromatic heterocycles. The lowest BCUT2D eigenvalue weighted by Gasteiger charge is -2.17. The molecule has 0 spiro atoms. The van der Waals surface area contributed by atoms with E-state index in [2.05, 4.69) is 15.3 Å². The Morgan fingerprint density at radius 2 is 2.37 bits per heavy atom. The Morgan fingerprint density at radius 3 is 2.95 bits per heavy atom. The number of nitrogens with zero attached hydrogens (tertiary/aromatic N) is 2. The molecule has 1 aliphatic heterocycles. The van der Waals surface area contributed by atoms with E-state index in [9.17, 15) is 4.79 Å². The Morgan fingerprint density at radius 1 is 1.63 bits per heavy atom. The van der Waals surface area contributed by atoms with Crippen LogP contribution in [0.3, 0.4) is 0 Å². The van der Waals surface area contributed by atoms with Gasteiger partial charge in [-0.3, -0.25) is 0 Å². The van der Waals surface area contributed by atoms with E-state index in [0.29, 0.717) is 13.2 Å². The molecule has 7 nitrogen and oxygen atoms in total. The number of carboxylic acids is 1. The first kappa shape index (κ1) is 14.0. The Balaban J connectivity index is 2.01. The molecule has 0 amide bonds. The third kappa shape index (κ3) is 3.31. The smallest absolute Gasteiger partial charge is 0.356 e. The van der Waals surface area contributed by atoms with E-state index in [1.807, 2.05) is 13.8 Å². The van der Waals surface area contributed by atoms with Crippen molar-refractivity contribution in [1.82, 2.24) is 9.97 Å². The molecule has 2 N–H and O–H groups in total. The van der Waals surface area contributed by atoms with Gasteiger partial charge in [0.2, 0.25) is 0 Å². The first-order valence-electron chi connectivity index (χ1n) is 5.68. The van der Waals surface area contributed by atoms with Crippen LogP contribution in [0.25, 0.3) is 0 Å². The average molecular weight is 288 g/mol. The lowest BCUT2D eigenvalue weighted by molar-refractivity contribution is -0.136. The number of carbonyl (C=O) groups is 1. The average Bonchev–Trinajstić information content (AvgIpc) is 2.67. The van der Waals surface area contributed by atoms with Crippen molar-refractivity contribution in [1.29, 1.82) is 0 Å². The Kier molecular flexibility index (Phi) is 3.88. The van der Waals surface area contributed by atoms with Crippen molar-refractivity contribution in [2.45, 2.75) is 25.7 Å². The zero-order chi connectivity index (χ0) is 14.0. The molecule has 0 bridgehead atoms. The lowest BCUT2D eigenvalue weighted by atomic mass is 10.3. The second-order valence-electron chi connectivity index (χ2n) is 4.52. The van der Waals surface area contributed by atoms with Crippen molar-refractivity contribution in [2.24, 2.45) is 0 Å². The Bertz CT molecular complexity index is 495. The van der Waals surface area contributed by atoms with E-state index in [0.717, 1.165) is 6.33 Å². The summed E-state index contributed by atoms with van der Waals surface area (Å²) in [5.74, 6) is -1.53. The largest absolute Gasteiger partial charge is 0.476 e. The number of aromatic nitrogens is 2. The maximum atomic E-state index is 10.9. The standard InChI is InChI=1S/C11H14ClN3O4/c1-11(2)18-4-6(19-11)3-13-9-7(12)8(10(16)17)14-5-15-9/h5-6H,3-4H2,1-2H3,(H,16,17)(H,13,14,15)/t6-/m0/s1. The highest BCUT2D eigenvalue weighted by Gasteiger charge is 2.32. The lowest BCUT2D eigenvalue weighted by Crippen LogP contribution is -2.26. The second-order valence-corrected chi connectivity index (χ2v) is 4.90. The topological polar surface area (TPSA) is 93.6 Å². The quantitative estimate of drug-likeness (QED) is 0.864. The van der Waals surface area contributed by atoms with Crippen LogP contribution in [0.15, 0.2) is 6.33 Å². The second kappa shape index (κ2) is 5.28. The summed E-state index contributed by atoms with van der Waals surface area (Å²) in [6.45, 7) is 4.52. The summed E-state index contributed by atoms with van der Waals surface area (Å²) in [5, 5.41) is 11.8. The fraction of sp³-hybridized carbons (Fsp3) is 0.545. The monoisotopic (exact) mass is 287 g/mol. The van der Waals surface area contributed by atoms with Crippen molar-refractivity contribution < 1.29 is 19.4 Å². The number of anilines is 1. The molecule has 1 atom stereocenters. The number of nitrogens with one attached hydrogen (secondary N) is 1. The number of hydrogen-bond acceptors (Lipinski definition) is 6. The van der Waals surface area contributed by atoms with Crippen LogP contribution in [0, 0.1) is 0 Å². The van der Waals surface area contributed by atoms with Crippen molar-refractivity contribution in [3.63, 3.8) is 0 Å². The molecule has 1 saturated heterocycles. The van der Waals surface area contributed by atoms with Crippen molar-refractivity contribution >= 4 is 23.4 Å². The maximum absolute atomic E-state index is 10.9. The maximum Gasteiger partial charge on any atom is 0.356 e. The molecule has 8 heteroatoms. The van der Waals surface area contributed by atoms with Gasteiger partial charge >= 0.3 is 5.97 Å². The number of halogens is 1. The van der Waals surface area contributed by atoms with E-state index in [1.54, 1.807) is 0 Å². The molecule has 1 aromatic rings.